The average molecular weight is 287 g/mol. The van der Waals surface area contributed by atoms with E-state index in [2.05, 4.69) is 22.2 Å². The van der Waals surface area contributed by atoms with E-state index in [-0.39, 0.29) is 5.82 Å². The van der Waals surface area contributed by atoms with Crippen molar-refractivity contribution in [2.24, 2.45) is 0 Å². The van der Waals surface area contributed by atoms with Gasteiger partial charge in [0, 0.05) is 24.1 Å². The van der Waals surface area contributed by atoms with Crippen LogP contribution >= 0.6 is 0 Å². The van der Waals surface area contributed by atoms with Crippen molar-refractivity contribution >= 4 is 5.82 Å². The maximum Gasteiger partial charge on any atom is 0.133 e. The van der Waals surface area contributed by atoms with Crippen molar-refractivity contribution in [1.82, 2.24) is 9.97 Å². The zero-order chi connectivity index (χ0) is 15.4. The van der Waals surface area contributed by atoms with Gasteiger partial charge in [0.15, 0.2) is 0 Å². The van der Waals surface area contributed by atoms with Crippen LogP contribution in [0.5, 0.6) is 0 Å². The Morgan fingerprint density at radius 2 is 1.86 bits per heavy atom. The summed E-state index contributed by atoms with van der Waals surface area (Å²) in [5.74, 6) is 1.39. The molecule has 1 heterocycles. The second-order valence-electron chi connectivity index (χ2n) is 5.26. The second kappa shape index (κ2) is 6.66. The van der Waals surface area contributed by atoms with Crippen LogP contribution in [0.25, 0.3) is 11.3 Å². The molecule has 0 radical (unpaired) electrons. The quantitative estimate of drug-likeness (QED) is 0.891. The van der Waals surface area contributed by atoms with Crippen molar-refractivity contribution in [3.8, 4) is 11.3 Å². The molecule has 1 N–H and O–H groups in total. The zero-order valence-electron chi connectivity index (χ0n) is 13.1. The number of aryl methyl sites for hydroxylation is 2. The number of nitrogens with one attached hydrogen (secondary N) is 1. The molecule has 0 amide bonds. The molecule has 2 rings (SSSR count). The van der Waals surface area contributed by atoms with E-state index < -0.39 is 0 Å². The van der Waals surface area contributed by atoms with Crippen LogP contribution < -0.4 is 5.32 Å². The summed E-state index contributed by atoms with van der Waals surface area (Å²) in [5.41, 5.74) is 3.47. The van der Waals surface area contributed by atoms with Gasteiger partial charge >= 0.3 is 0 Å². The van der Waals surface area contributed by atoms with Gasteiger partial charge in [-0.15, -0.1) is 0 Å². The third-order valence-corrected chi connectivity index (χ3v) is 3.37. The molecule has 0 fully saturated rings. The minimum absolute atomic E-state index is 0.232. The predicted octanol–water partition coefficient (Wildman–Crippen LogP) is 4.28. The van der Waals surface area contributed by atoms with Crippen molar-refractivity contribution in [3.63, 3.8) is 0 Å². The van der Waals surface area contributed by atoms with E-state index in [4.69, 9.17) is 0 Å². The maximum atomic E-state index is 13.7. The number of hydrogen-bond acceptors (Lipinski definition) is 3. The smallest absolute Gasteiger partial charge is 0.133 e. The molecule has 4 heteroatoms. The van der Waals surface area contributed by atoms with Gasteiger partial charge in [-0.2, -0.15) is 0 Å². The molecule has 112 valence electrons. The molecule has 3 nitrogen and oxygen atoms in total. The van der Waals surface area contributed by atoms with Gasteiger partial charge in [-0.25, -0.2) is 14.4 Å². The van der Waals surface area contributed by atoms with E-state index in [1.807, 2.05) is 26.8 Å². The van der Waals surface area contributed by atoms with Gasteiger partial charge in [0.2, 0.25) is 0 Å². The van der Waals surface area contributed by atoms with Crippen LogP contribution in [0.2, 0.25) is 0 Å². The van der Waals surface area contributed by atoms with E-state index in [0.29, 0.717) is 0 Å². The molecule has 0 spiro atoms. The van der Waals surface area contributed by atoms with Gasteiger partial charge in [-0.3, -0.25) is 0 Å². The maximum absolute atomic E-state index is 13.7. The lowest BCUT2D eigenvalue weighted by atomic mass is 10.0. The molecule has 0 aliphatic rings. The molecular weight excluding hydrogens is 265 g/mol. The van der Waals surface area contributed by atoms with Crippen molar-refractivity contribution in [2.75, 3.05) is 11.9 Å². The summed E-state index contributed by atoms with van der Waals surface area (Å²) < 4.78 is 13.7. The number of hydrogen-bond donors (Lipinski definition) is 1. The van der Waals surface area contributed by atoms with Gasteiger partial charge in [0.25, 0.3) is 0 Å². The fourth-order valence-electron chi connectivity index (χ4n) is 2.29. The van der Waals surface area contributed by atoms with E-state index in [1.54, 1.807) is 0 Å². The molecule has 1 aromatic carbocycles. The molecule has 0 saturated carbocycles. The lowest BCUT2D eigenvalue weighted by molar-refractivity contribution is 0.627. The molecule has 0 atom stereocenters. The topological polar surface area (TPSA) is 37.8 Å². The highest BCUT2D eigenvalue weighted by molar-refractivity contribution is 5.68. The van der Waals surface area contributed by atoms with Crippen LogP contribution in [-0.4, -0.2) is 16.5 Å². The summed E-state index contributed by atoms with van der Waals surface area (Å²) in [6, 6.07) is 5.02. The summed E-state index contributed by atoms with van der Waals surface area (Å²) in [6.07, 6.45) is 1.78. The van der Waals surface area contributed by atoms with Crippen molar-refractivity contribution in [3.05, 3.63) is 41.0 Å². The Kier molecular flexibility index (Phi) is 4.89. The van der Waals surface area contributed by atoms with Gasteiger partial charge in [-0.1, -0.05) is 13.8 Å². The Balaban J connectivity index is 2.55. The predicted molar refractivity (Wildman–Crippen MR) is 85.1 cm³/mol. The normalized spacial score (nSPS) is 10.7. The monoisotopic (exact) mass is 287 g/mol. The Bertz CT molecular complexity index is 618. The minimum atomic E-state index is -0.232. The fraction of sp³-hybridized carbons (Fsp3) is 0.412. The van der Waals surface area contributed by atoms with Crippen LogP contribution in [0, 0.1) is 19.7 Å². The third kappa shape index (κ3) is 3.57. The number of aromatic nitrogens is 2. The lowest BCUT2D eigenvalue weighted by Gasteiger charge is -2.14. The summed E-state index contributed by atoms with van der Waals surface area (Å²) in [4.78, 5) is 9.14. The summed E-state index contributed by atoms with van der Waals surface area (Å²) in [7, 11) is 0. The van der Waals surface area contributed by atoms with E-state index in [1.165, 1.54) is 12.1 Å². The Morgan fingerprint density at radius 3 is 2.48 bits per heavy atom. The van der Waals surface area contributed by atoms with E-state index in [0.717, 1.165) is 53.4 Å². The highest BCUT2D eigenvalue weighted by Gasteiger charge is 2.13. The first-order chi connectivity index (χ1) is 10.0. The van der Waals surface area contributed by atoms with Crippen molar-refractivity contribution in [2.45, 2.75) is 40.5 Å². The SMILES string of the molecule is CCCNc1nc(CC)nc(-c2cc(C)cc(F)c2)c1C. The van der Waals surface area contributed by atoms with Crippen LogP contribution in [0.15, 0.2) is 18.2 Å². The third-order valence-electron chi connectivity index (χ3n) is 3.37. The fourth-order valence-corrected chi connectivity index (χ4v) is 2.29. The number of halogens is 1. The lowest BCUT2D eigenvalue weighted by Crippen LogP contribution is -2.08. The average Bonchev–Trinajstić information content (AvgIpc) is 2.45. The number of benzene rings is 1. The summed E-state index contributed by atoms with van der Waals surface area (Å²) in [5, 5.41) is 3.33. The van der Waals surface area contributed by atoms with E-state index >= 15 is 0 Å². The number of anilines is 1. The molecule has 1 aromatic heterocycles. The first-order valence-corrected chi connectivity index (χ1v) is 7.44. The van der Waals surface area contributed by atoms with Crippen LogP contribution in [0.4, 0.5) is 10.2 Å². The number of rotatable bonds is 5. The molecule has 0 bridgehead atoms. The molecule has 0 aliphatic heterocycles. The molecule has 21 heavy (non-hydrogen) atoms. The van der Waals surface area contributed by atoms with Gasteiger partial charge in [0.05, 0.1) is 5.69 Å². The molecule has 0 saturated heterocycles. The van der Waals surface area contributed by atoms with E-state index in [9.17, 15) is 4.39 Å². The first kappa shape index (κ1) is 15.4. The van der Waals surface area contributed by atoms with Gasteiger partial charge in [-0.05, 0) is 44.0 Å². The van der Waals surface area contributed by atoms with Crippen LogP contribution in [0.3, 0.4) is 0 Å². The van der Waals surface area contributed by atoms with Crippen molar-refractivity contribution in [1.29, 1.82) is 0 Å². The first-order valence-electron chi connectivity index (χ1n) is 7.44. The highest BCUT2D eigenvalue weighted by atomic mass is 19.1. The Hall–Kier alpha value is -1.97. The minimum Gasteiger partial charge on any atom is -0.370 e. The molecular formula is C17H22FN3. The number of nitrogens with zero attached hydrogens (tertiary/aromatic N) is 2. The van der Waals surface area contributed by atoms with Crippen LogP contribution in [-0.2, 0) is 6.42 Å². The zero-order valence-corrected chi connectivity index (χ0v) is 13.1. The van der Waals surface area contributed by atoms with Crippen LogP contribution in [0.1, 0.15) is 37.2 Å². The largest absolute Gasteiger partial charge is 0.370 e. The van der Waals surface area contributed by atoms with Crippen molar-refractivity contribution < 1.29 is 4.39 Å². The highest BCUT2D eigenvalue weighted by Crippen LogP contribution is 2.27. The summed E-state index contributed by atoms with van der Waals surface area (Å²) >= 11 is 0. The molecule has 0 aliphatic carbocycles. The Labute approximate surface area is 125 Å². The van der Waals surface area contributed by atoms with Gasteiger partial charge in [0.1, 0.15) is 17.5 Å². The molecule has 0 unspecified atom stereocenters. The Morgan fingerprint density at radius 1 is 1.10 bits per heavy atom. The standard InChI is InChI=1S/C17H22FN3/c1-5-7-19-17-12(4)16(20-15(6-2)21-17)13-8-11(3)9-14(18)10-13/h8-10H,5-7H2,1-4H3,(H,19,20,21). The molecule has 2 aromatic rings. The second-order valence-corrected chi connectivity index (χ2v) is 5.26. The van der Waals surface area contributed by atoms with Gasteiger partial charge < -0.3 is 5.32 Å². The summed E-state index contributed by atoms with van der Waals surface area (Å²) in [6.45, 7) is 8.87.